The Labute approximate surface area is 149 Å². The van der Waals surface area contributed by atoms with E-state index in [1.54, 1.807) is 30.3 Å². The van der Waals surface area contributed by atoms with E-state index in [0.717, 1.165) is 10.5 Å². The highest BCUT2D eigenvalue weighted by molar-refractivity contribution is 8.00. The SMILES string of the molecule is C/C(=N/NC(=O)CSc1cc(Cl)ccc1Cl)c1ccc(N)cc1. The van der Waals surface area contributed by atoms with Crippen LogP contribution in [0.5, 0.6) is 0 Å². The molecule has 0 aliphatic carbocycles. The molecule has 120 valence electrons. The van der Waals surface area contributed by atoms with Gasteiger partial charge < -0.3 is 5.73 Å². The molecule has 2 rings (SSSR count). The number of hydrogen-bond donors (Lipinski definition) is 2. The van der Waals surface area contributed by atoms with Gasteiger partial charge in [-0.25, -0.2) is 5.43 Å². The highest BCUT2D eigenvalue weighted by Crippen LogP contribution is 2.29. The number of nitrogens with two attached hydrogens (primary N) is 1. The molecule has 7 heteroatoms. The predicted octanol–water partition coefficient (Wildman–Crippen LogP) is 4.21. The fraction of sp³-hybridized carbons (Fsp3) is 0.125. The first-order valence-corrected chi connectivity index (χ1v) is 8.47. The highest BCUT2D eigenvalue weighted by atomic mass is 35.5. The van der Waals surface area contributed by atoms with E-state index >= 15 is 0 Å². The van der Waals surface area contributed by atoms with E-state index < -0.39 is 0 Å². The largest absolute Gasteiger partial charge is 0.399 e. The molecule has 3 N–H and O–H groups in total. The maximum atomic E-state index is 11.9. The van der Waals surface area contributed by atoms with Crippen molar-refractivity contribution in [1.29, 1.82) is 0 Å². The number of hydrogen-bond acceptors (Lipinski definition) is 4. The van der Waals surface area contributed by atoms with Crippen molar-refractivity contribution in [2.75, 3.05) is 11.5 Å². The third-order valence-electron chi connectivity index (χ3n) is 2.93. The Morgan fingerprint density at radius 2 is 1.91 bits per heavy atom. The average molecular weight is 368 g/mol. The Morgan fingerprint density at radius 3 is 2.61 bits per heavy atom. The lowest BCUT2D eigenvalue weighted by molar-refractivity contribution is -0.118. The van der Waals surface area contributed by atoms with Crippen LogP contribution in [0.4, 0.5) is 5.69 Å². The quantitative estimate of drug-likeness (QED) is 0.360. The molecule has 0 aromatic heterocycles. The first kappa shape index (κ1) is 17.7. The lowest BCUT2D eigenvalue weighted by Gasteiger charge is -2.05. The number of nitrogen functional groups attached to an aromatic ring is 1. The number of carbonyl (C=O) groups is 1. The molecular weight excluding hydrogens is 353 g/mol. The van der Waals surface area contributed by atoms with Gasteiger partial charge in [-0.15, -0.1) is 11.8 Å². The number of halogens is 2. The van der Waals surface area contributed by atoms with Crippen molar-refractivity contribution >= 4 is 52.3 Å². The van der Waals surface area contributed by atoms with E-state index in [0.29, 0.717) is 21.4 Å². The van der Waals surface area contributed by atoms with Crippen LogP contribution in [0.2, 0.25) is 10.0 Å². The van der Waals surface area contributed by atoms with Gasteiger partial charge in [0.05, 0.1) is 16.5 Å². The predicted molar refractivity (Wildman–Crippen MR) is 98.4 cm³/mol. The van der Waals surface area contributed by atoms with E-state index in [1.807, 2.05) is 19.1 Å². The van der Waals surface area contributed by atoms with Gasteiger partial charge in [0, 0.05) is 15.6 Å². The number of benzene rings is 2. The first-order valence-electron chi connectivity index (χ1n) is 6.72. The average Bonchev–Trinajstić information content (AvgIpc) is 2.54. The molecule has 23 heavy (non-hydrogen) atoms. The second-order valence-corrected chi connectivity index (χ2v) is 6.58. The Balaban J connectivity index is 1.90. The van der Waals surface area contributed by atoms with Crippen LogP contribution in [0, 0.1) is 0 Å². The molecule has 0 atom stereocenters. The van der Waals surface area contributed by atoms with E-state index in [9.17, 15) is 4.79 Å². The number of nitrogens with one attached hydrogen (secondary N) is 1. The Hall–Kier alpha value is -1.69. The minimum Gasteiger partial charge on any atom is -0.399 e. The number of hydrazone groups is 1. The smallest absolute Gasteiger partial charge is 0.250 e. The zero-order valence-electron chi connectivity index (χ0n) is 12.3. The van der Waals surface area contributed by atoms with Crippen molar-refractivity contribution in [3.8, 4) is 0 Å². The number of amides is 1. The van der Waals surface area contributed by atoms with Gasteiger partial charge in [-0.1, -0.05) is 35.3 Å². The summed E-state index contributed by atoms with van der Waals surface area (Å²) >= 11 is 13.3. The van der Waals surface area contributed by atoms with E-state index in [4.69, 9.17) is 28.9 Å². The summed E-state index contributed by atoms with van der Waals surface area (Å²) in [4.78, 5) is 12.6. The van der Waals surface area contributed by atoms with Crippen molar-refractivity contribution in [2.24, 2.45) is 5.10 Å². The van der Waals surface area contributed by atoms with Gasteiger partial charge in [-0.05, 0) is 42.8 Å². The maximum absolute atomic E-state index is 11.9. The molecule has 0 radical (unpaired) electrons. The summed E-state index contributed by atoms with van der Waals surface area (Å²) in [7, 11) is 0. The van der Waals surface area contributed by atoms with Crippen LogP contribution in [0.3, 0.4) is 0 Å². The van der Waals surface area contributed by atoms with Gasteiger partial charge in [0.1, 0.15) is 0 Å². The highest BCUT2D eigenvalue weighted by Gasteiger charge is 2.06. The van der Waals surface area contributed by atoms with Crippen molar-refractivity contribution < 1.29 is 4.79 Å². The van der Waals surface area contributed by atoms with Gasteiger partial charge in [-0.2, -0.15) is 5.10 Å². The molecule has 2 aromatic rings. The second-order valence-electron chi connectivity index (χ2n) is 4.72. The third kappa shape index (κ3) is 5.46. The van der Waals surface area contributed by atoms with Crippen LogP contribution in [-0.2, 0) is 4.79 Å². The molecule has 0 aliphatic rings. The summed E-state index contributed by atoms with van der Waals surface area (Å²) in [5.74, 6) is -0.0284. The van der Waals surface area contributed by atoms with Crippen LogP contribution in [-0.4, -0.2) is 17.4 Å². The van der Waals surface area contributed by atoms with Crippen LogP contribution in [0.15, 0.2) is 52.5 Å². The molecule has 0 heterocycles. The van der Waals surface area contributed by atoms with Crippen molar-refractivity contribution in [2.45, 2.75) is 11.8 Å². The van der Waals surface area contributed by atoms with E-state index in [2.05, 4.69) is 10.5 Å². The summed E-state index contributed by atoms with van der Waals surface area (Å²) in [5.41, 5.74) is 10.4. The van der Waals surface area contributed by atoms with Gasteiger partial charge in [0.15, 0.2) is 0 Å². The van der Waals surface area contributed by atoms with E-state index in [-0.39, 0.29) is 11.7 Å². The van der Waals surface area contributed by atoms with Crippen molar-refractivity contribution in [3.05, 3.63) is 58.1 Å². The minimum absolute atomic E-state index is 0.193. The monoisotopic (exact) mass is 367 g/mol. The molecule has 0 unspecified atom stereocenters. The fourth-order valence-electron chi connectivity index (χ4n) is 1.70. The number of rotatable bonds is 5. The Morgan fingerprint density at radius 1 is 1.22 bits per heavy atom. The molecule has 0 saturated heterocycles. The summed E-state index contributed by atoms with van der Waals surface area (Å²) in [6, 6.07) is 12.4. The summed E-state index contributed by atoms with van der Waals surface area (Å²) in [6.45, 7) is 1.81. The topological polar surface area (TPSA) is 67.5 Å². The zero-order chi connectivity index (χ0) is 16.8. The zero-order valence-corrected chi connectivity index (χ0v) is 14.7. The molecule has 0 bridgehead atoms. The molecule has 0 saturated carbocycles. The van der Waals surface area contributed by atoms with Crippen molar-refractivity contribution in [1.82, 2.24) is 5.43 Å². The van der Waals surface area contributed by atoms with E-state index in [1.165, 1.54) is 11.8 Å². The lowest BCUT2D eigenvalue weighted by atomic mass is 10.1. The standard InChI is InChI=1S/C16H15Cl2N3OS/c1-10(11-2-5-13(19)6-3-11)20-21-16(22)9-23-15-8-12(17)4-7-14(15)18/h2-8H,9,19H2,1H3,(H,21,22)/b20-10-. The third-order valence-corrected chi connectivity index (χ3v) is 4.66. The number of carbonyl (C=O) groups excluding carboxylic acids is 1. The molecule has 0 fully saturated rings. The van der Waals surface area contributed by atoms with Gasteiger partial charge in [0.25, 0.3) is 0 Å². The molecule has 0 spiro atoms. The molecule has 0 aliphatic heterocycles. The lowest BCUT2D eigenvalue weighted by Crippen LogP contribution is -2.21. The number of nitrogens with zero attached hydrogens (tertiary/aromatic N) is 1. The number of thioether (sulfide) groups is 1. The molecular formula is C16H15Cl2N3OS. The van der Waals surface area contributed by atoms with Gasteiger partial charge >= 0.3 is 0 Å². The van der Waals surface area contributed by atoms with Crippen LogP contribution in [0.25, 0.3) is 0 Å². The van der Waals surface area contributed by atoms with Crippen LogP contribution < -0.4 is 11.2 Å². The molecule has 4 nitrogen and oxygen atoms in total. The van der Waals surface area contributed by atoms with Gasteiger partial charge in [0.2, 0.25) is 5.91 Å². The van der Waals surface area contributed by atoms with Crippen LogP contribution in [0.1, 0.15) is 12.5 Å². The number of anilines is 1. The minimum atomic E-state index is -0.221. The summed E-state index contributed by atoms with van der Waals surface area (Å²) in [5, 5.41) is 5.22. The van der Waals surface area contributed by atoms with Gasteiger partial charge in [-0.3, -0.25) is 4.79 Å². The fourth-order valence-corrected chi connectivity index (χ4v) is 2.98. The molecule has 2 aromatic carbocycles. The first-order chi connectivity index (χ1) is 11.0. The normalized spacial score (nSPS) is 11.3. The molecule has 1 amide bonds. The maximum Gasteiger partial charge on any atom is 0.250 e. The van der Waals surface area contributed by atoms with Crippen LogP contribution >= 0.6 is 35.0 Å². The summed E-state index contributed by atoms with van der Waals surface area (Å²) in [6.07, 6.45) is 0. The Kier molecular flexibility index (Phi) is 6.33. The second kappa shape index (κ2) is 8.24. The van der Waals surface area contributed by atoms with Crippen molar-refractivity contribution in [3.63, 3.8) is 0 Å². The summed E-state index contributed by atoms with van der Waals surface area (Å²) < 4.78 is 0. The Bertz CT molecular complexity index is 733.